The Morgan fingerprint density at radius 3 is 1.52 bits per heavy atom. The molecule has 0 saturated carbocycles. The number of carbonyl (C=O) groups excluding carboxylic acids is 6. The lowest BCUT2D eigenvalue weighted by Gasteiger charge is -2.43. The van der Waals surface area contributed by atoms with Gasteiger partial charge in [-0.25, -0.2) is 4.79 Å². The van der Waals surface area contributed by atoms with Gasteiger partial charge >= 0.3 is 12.1 Å². The molecule has 4 saturated heterocycles. The molecule has 5 amide bonds. The van der Waals surface area contributed by atoms with Crippen LogP contribution in [0.25, 0.3) is 31.3 Å². The third kappa shape index (κ3) is 13.7. The second-order valence-corrected chi connectivity index (χ2v) is 22.5. The summed E-state index contributed by atoms with van der Waals surface area (Å²) in [7, 11) is 0. The van der Waals surface area contributed by atoms with Crippen molar-refractivity contribution in [3.63, 3.8) is 0 Å². The molecular formula is C59H63N9O8S3. The lowest BCUT2D eigenvalue weighted by molar-refractivity contribution is -0.149. The van der Waals surface area contributed by atoms with Gasteiger partial charge in [-0.1, -0.05) is 18.2 Å². The van der Waals surface area contributed by atoms with Crippen LogP contribution < -0.4 is 15.5 Å². The first-order valence-corrected chi connectivity index (χ1v) is 29.1. The Hall–Kier alpha value is -7.81. The third-order valence-electron chi connectivity index (χ3n) is 14.4. The maximum absolute atomic E-state index is 13.1. The number of anilines is 1. The summed E-state index contributed by atoms with van der Waals surface area (Å²) in [4.78, 5) is 99.4. The number of benzene rings is 1. The van der Waals surface area contributed by atoms with Crippen LogP contribution in [0.3, 0.4) is 0 Å². The predicted molar refractivity (Wildman–Crippen MR) is 307 cm³/mol. The van der Waals surface area contributed by atoms with E-state index in [0.29, 0.717) is 89.7 Å². The number of para-hydroxylation sites is 1. The molecule has 0 atom stereocenters. The van der Waals surface area contributed by atoms with E-state index >= 15 is 0 Å². The van der Waals surface area contributed by atoms with Crippen molar-refractivity contribution in [3.05, 3.63) is 155 Å². The molecule has 0 bridgehead atoms. The highest BCUT2D eigenvalue weighted by atomic mass is 32.1. The second-order valence-electron chi connectivity index (χ2n) is 19.2. The van der Waals surface area contributed by atoms with E-state index in [1.54, 1.807) is 49.0 Å². The highest BCUT2D eigenvalue weighted by Gasteiger charge is 2.51. The summed E-state index contributed by atoms with van der Waals surface area (Å²) in [5.41, 5.74) is 3.65. The molecule has 410 valence electrons. The normalized spacial score (nSPS) is 16.2. The van der Waals surface area contributed by atoms with E-state index < -0.39 is 5.54 Å². The summed E-state index contributed by atoms with van der Waals surface area (Å²) in [5.74, 6) is -0.123. The van der Waals surface area contributed by atoms with Crippen LogP contribution in [-0.2, 0) is 19.1 Å². The minimum atomic E-state index is -0.574. The zero-order chi connectivity index (χ0) is 55.1. The first-order chi connectivity index (χ1) is 38.5. The monoisotopic (exact) mass is 1120 g/mol. The number of carbonyl (C=O) groups is 6. The molecule has 6 aromatic heterocycles. The number of nitrogens with one attached hydrogen (secondary N) is 2. The van der Waals surface area contributed by atoms with Crippen LogP contribution in [0.4, 0.5) is 10.5 Å². The van der Waals surface area contributed by atoms with E-state index in [9.17, 15) is 28.8 Å². The number of thiophene rings is 3. The van der Waals surface area contributed by atoms with Crippen molar-refractivity contribution in [2.24, 2.45) is 5.92 Å². The van der Waals surface area contributed by atoms with Crippen molar-refractivity contribution in [2.45, 2.75) is 64.0 Å². The van der Waals surface area contributed by atoms with Gasteiger partial charge in [0.2, 0.25) is 5.91 Å². The number of pyridine rings is 3. The van der Waals surface area contributed by atoms with Crippen LogP contribution in [0.5, 0.6) is 0 Å². The Bertz CT molecular complexity index is 3150. The Morgan fingerprint density at radius 2 is 1.03 bits per heavy atom. The Kier molecular flexibility index (Phi) is 18.9. The number of nitrogens with zero attached hydrogens (tertiary/aromatic N) is 7. The molecule has 2 N–H and O–H groups in total. The number of amides is 5. The van der Waals surface area contributed by atoms with Gasteiger partial charge in [-0.2, -0.15) is 0 Å². The number of ether oxygens (including phenoxy) is 2. The molecule has 1 spiro atoms. The van der Waals surface area contributed by atoms with Crippen LogP contribution in [0.15, 0.2) is 140 Å². The molecule has 7 aromatic rings. The summed E-state index contributed by atoms with van der Waals surface area (Å²) in [6.45, 7) is 8.47. The summed E-state index contributed by atoms with van der Waals surface area (Å²) in [6.07, 6.45) is 14.3. The van der Waals surface area contributed by atoms with E-state index in [-0.39, 0.29) is 47.7 Å². The topological polar surface area (TPSA) is 197 Å². The highest BCUT2D eigenvalue weighted by Crippen LogP contribution is 2.38. The van der Waals surface area contributed by atoms with Crippen molar-refractivity contribution in [1.29, 1.82) is 0 Å². The molecule has 11 rings (SSSR count). The van der Waals surface area contributed by atoms with Crippen molar-refractivity contribution < 1.29 is 38.2 Å². The molecule has 0 unspecified atom stereocenters. The summed E-state index contributed by atoms with van der Waals surface area (Å²) < 4.78 is 10.1. The Balaban J connectivity index is 0.000000145. The minimum absolute atomic E-state index is 0.0415. The van der Waals surface area contributed by atoms with Crippen molar-refractivity contribution >= 4 is 75.4 Å². The number of rotatable bonds is 11. The molecule has 20 heteroatoms. The van der Waals surface area contributed by atoms with Crippen LogP contribution >= 0.6 is 34.0 Å². The van der Waals surface area contributed by atoms with E-state index in [4.69, 9.17) is 9.47 Å². The highest BCUT2D eigenvalue weighted by molar-refractivity contribution is 7.18. The molecule has 79 heavy (non-hydrogen) atoms. The van der Waals surface area contributed by atoms with E-state index in [1.165, 1.54) is 34.0 Å². The predicted octanol–water partition coefficient (Wildman–Crippen LogP) is 9.77. The van der Waals surface area contributed by atoms with Crippen LogP contribution in [0.1, 0.15) is 81.4 Å². The number of esters is 1. The molecular weight excluding hydrogens is 1060 g/mol. The lowest BCUT2D eigenvalue weighted by Crippen LogP contribution is -2.57. The van der Waals surface area contributed by atoms with Gasteiger partial charge in [-0.3, -0.25) is 38.9 Å². The number of aromatic nitrogens is 3. The van der Waals surface area contributed by atoms with Gasteiger partial charge in [0.15, 0.2) is 0 Å². The Morgan fingerprint density at radius 1 is 0.570 bits per heavy atom. The van der Waals surface area contributed by atoms with E-state index in [2.05, 4.69) is 30.5 Å². The van der Waals surface area contributed by atoms with Crippen LogP contribution in [0.2, 0.25) is 0 Å². The molecule has 10 heterocycles. The van der Waals surface area contributed by atoms with Crippen molar-refractivity contribution in [3.8, 4) is 31.3 Å². The average molecular weight is 1120 g/mol. The molecule has 0 aliphatic carbocycles. The van der Waals surface area contributed by atoms with Crippen LogP contribution in [-0.4, -0.2) is 136 Å². The van der Waals surface area contributed by atoms with Gasteiger partial charge < -0.3 is 39.7 Å². The fraction of sp³-hybridized carbons (Fsp3) is 0.339. The van der Waals surface area contributed by atoms with Gasteiger partial charge in [0.1, 0.15) is 5.54 Å². The number of likely N-dealkylation sites (tertiary alicyclic amines) is 3. The SMILES string of the molecule is CCOC(=O)C1CCN(C(=O)c2ccc(-c3ccncc3)s2)CC1.CCOC(=O)N1CCC(NC(=O)c2ccc(-c3ccncc3)s2)CC1.O=C(c1ccc(-c2ccncc2)s1)N1CCC2(CC1)C(=O)NCN2c1ccccc1. The minimum Gasteiger partial charge on any atom is -0.466 e. The summed E-state index contributed by atoms with van der Waals surface area (Å²) in [6, 6.07) is 33.3. The first-order valence-electron chi connectivity index (χ1n) is 26.6. The standard InChI is InChI=1S/C23H22N4O2S.C18H21N3O3S.C18H20N2O3S/c28-21(20-7-6-19(30-20)17-8-12-24-13-9-17)26-14-10-23(11-15-26)22(29)25-16-27(23)18-4-2-1-3-5-18;1-2-24-18(23)21-11-7-14(8-12-21)20-17(22)16-4-3-15(25-16)13-5-9-19-10-6-13;1-2-23-18(22)14-7-11-20(12-8-14)17(21)16-4-3-15(24-16)13-5-9-19-10-6-13/h1-9,12-13H,10-11,14-16H2,(H,25,29);3-6,9-10,14H,2,7-8,11-12H2,1H3,(H,20,22);3-6,9-10,14H,2,7-8,11-12H2,1H3. The zero-order valence-electron chi connectivity index (χ0n) is 44.2. The fourth-order valence-corrected chi connectivity index (χ4v) is 12.9. The molecule has 4 aliphatic rings. The molecule has 4 fully saturated rings. The Labute approximate surface area is 471 Å². The summed E-state index contributed by atoms with van der Waals surface area (Å²) >= 11 is 4.46. The smallest absolute Gasteiger partial charge is 0.409 e. The van der Waals surface area contributed by atoms with Crippen molar-refractivity contribution in [1.82, 2.24) is 40.3 Å². The first kappa shape index (κ1) is 55.9. The summed E-state index contributed by atoms with van der Waals surface area (Å²) in [5, 5.41) is 6.08. The zero-order valence-corrected chi connectivity index (χ0v) is 46.6. The molecule has 0 radical (unpaired) electrons. The molecule has 4 aliphatic heterocycles. The average Bonchev–Trinajstić information content (AvgIpc) is 4.40. The quantitative estimate of drug-likeness (QED) is 0.117. The van der Waals surface area contributed by atoms with Gasteiger partial charge in [0, 0.05) is 103 Å². The van der Waals surface area contributed by atoms with Gasteiger partial charge in [0.25, 0.3) is 17.7 Å². The van der Waals surface area contributed by atoms with Crippen LogP contribution in [0, 0.1) is 5.92 Å². The maximum atomic E-state index is 13.1. The molecule has 1 aromatic carbocycles. The number of hydrogen-bond acceptors (Lipinski definition) is 15. The van der Waals surface area contributed by atoms with Gasteiger partial charge in [-0.15, -0.1) is 34.0 Å². The van der Waals surface area contributed by atoms with Crippen molar-refractivity contribution in [2.75, 3.05) is 64.1 Å². The largest absolute Gasteiger partial charge is 0.466 e. The lowest BCUT2D eigenvalue weighted by atomic mass is 9.85. The second kappa shape index (κ2) is 26.7. The van der Waals surface area contributed by atoms with E-state index in [1.807, 2.05) is 120 Å². The van der Waals surface area contributed by atoms with E-state index in [0.717, 1.165) is 59.6 Å². The maximum Gasteiger partial charge on any atom is 0.409 e. The number of piperidine rings is 3. The fourth-order valence-electron chi connectivity index (χ4n) is 10.1. The molecule has 17 nitrogen and oxygen atoms in total. The third-order valence-corrected chi connectivity index (χ3v) is 17.8. The van der Waals surface area contributed by atoms with Gasteiger partial charge in [0.05, 0.1) is 40.4 Å². The number of hydrogen-bond donors (Lipinski definition) is 2. The van der Waals surface area contributed by atoms with Gasteiger partial charge in [-0.05, 0) is 154 Å².